The number of benzene rings is 1. The Kier molecular flexibility index (Phi) is 8.50. The number of hydrogen-bond donors (Lipinski definition) is 3. The van der Waals surface area contributed by atoms with Gasteiger partial charge >= 0.3 is 6.03 Å². The lowest BCUT2D eigenvalue weighted by atomic mass is 9.96. The Morgan fingerprint density at radius 3 is 2.59 bits per heavy atom. The number of aromatic nitrogens is 1. The summed E-state index contributed by atoms with van der Waals surface area (Å²) in [5, 5.41) is 12.5. The van der Waals surface area contributed by atoms with Gasteiger partial charge in [-0.25, -0.2) is 4.79 Å². The van der Waals surface area contributed by atoms with Crippen LogP contribution >= 0.6 is 0 Å². The minimum atomic E-state index is -0.414. The van der Waals surface area contributed by atoms with Crippen molar-refractivity contribution >= 4 is 23.5 Å². The quantitative estimate of drug-likeness (QED) is 0.595. The van der Waals surface area contributed by atoms with Gasteiger partial charge in [0.15, 0.2) is 5.76 Å². The number of ether oxygens (including phenoxy) is 1. The van der Waals surface area contributed by atoms with E-state index in [2.05, 4.69) is 21.1 Å². The molecule has 2 aromatic rings. The maximum Gasteiger partial charge on any atom is 0.319 e. The maximum absolute atomic E-state index is 12.8. The molecule has 1 aromatic heterocycles. The van der Waals surface area contributed by atoms with Crippen molar-refractivity contribution in [1.82, 2.24) is 20.7 Å². The predicted octanol–water partition coefficient (Wildman–Crippen LogP) is 2.76. The summed E-state index contributed by atoms with van der Waals surface area (Å²) in [6.45, 7) is 4.23. The van der Waals surface area contributed by atoms with Crippen molar-refractivity contribution in [1.29, 1.82) is 0 Å². The third-order valence-electron chi connectivity index (χ3n) is 6.05. The van der Waals surface area contributed by atoms with Crippen LogP contribution in [0.2, 0.25) is 0 Å². The van der Waals surface area contributed by atoms with Crippen LogP contribution in [0.5, 0.6) is 5.75 Å². The van der Waals surface area contributed by atoms with Crippen LogP contribution in [0.4, 0.5) is 10.5 Å². The molecule has 1 aliphatic heterocycles. The van der Waals surface area contributed by atoms with Gasteiger partial charge in [-0.05, 0) is 44.4 Å². The van der Waals surface area contributed by atoms with Crippen molar-refractivity contribution in [2.24, 2.45) is 5.92 Å². The van der Waals surface area contributed by atoms with Gasteiger partial charge in [0, 0.05) is 38.5 Å². The number of nitrogens with one attached hydrogen (secondary N) is 3. The number of carbonyl (C=O) groups is 3. The average Bonchev–Trinajstić information content (AvgIpc) is 3.16. The van der Waals surface area contributed by atoms with Crippen molar-refractivity contribution in [2.75, 3.05) is 26.0 Å². The highest BCUT2D eigenvalue weighted by molar-refractivity contribution is 5.90. The summed E-state index contributed by atoms with van der Waals surface area (Å²) in [7, 11) is 3.30. The largest absolute Gasteiger partial charge is 0.497 e. The molecule has 0 saturated carbocycles. The van der Waals surface area contributed by atoms with E-state index >= 15 is 0 Å². The van der Waals surface area contributed by atoms with Gasteiger partial charge in [0.2, 0.25) is 11.8 Å². The molecule has 184 valence electrons. The van der Waals surface area contributed by atoms with E-state index in [9.17, 15) is 14.4 Å². The molecule has 2 heterocycles. The maximum atomic E-state index is 12.8. The number of urea groups is 1. The first-order chi connectivity index (χ1) is 16.3. The highest BCUT2D eigenvalue weighted by Gasteiger charge is 2.28. The molecule has 0 spiro atoms. The molecule has 1 aromatic carbocycles. The molecule has 2 unspecified atom stereocenters. The topological polar surface area (TPSA) is 126 Å². The monoisotopic (exact) mass is 471 g/mol. The van der Waals surface area contributed by atoms with Gasteiger partial charge in [0.05, 0.1) is 7.11 Å². The molecule has 1 fully saturated rings. The molecule has 4 amide bonds. The van der Waals surface area contributed by atoms with E-state index in [-0.39, 0.29) is 30.3 Å². The Hall–Kier alpha value is -3.56. The van der Waals surface area contributed by atoms with Gasteiger partial charge in [0.25, 0.3) is 0 Å². The molecule has 0 bridgehead atoms. The lowest BCUT2D eigenvalue weighted by Gasteiger charge is -2.24. The summed E-state index contributed by atoms with van der Waals surface area (Å²) in [5.74, 6) is 0.606. The van der Waals surface area contributed by atoms with Gasteiger partial charge in [-0.15, -0.1) is 0 Å². The second kappa shape index (κ2) is 11.5. The molecule has 1 saturated heterocycles. The van der Waals surface area contributed by atoms with Crippen molar-refractivity contribution in [3.8, 4) is 5.75 Å². The highest BCUT2D eigenvalue weighted by atomic mass is 16.5. The number of amides is 4. The molecule has 0 radical (unpaired) electrons. The van der Waals surface area contributed by atoms with Crippen molar-refractivity contribution in [3.05, 3.63) is 41.3 Å². The minimum Gasteiger partial charge on any atom is -0.497 e. The normalized spacial score (nSPS) is 18.9. The zero-order valence-electron chi connectivity index (χ0n) is 20.1. The molecule has 1 aliphatic rings. The second-order valence-electron chi connectivity index (χ2n) is 8.67. The zero-order valence-corrected chi connectivity index (χ0v) is 20.1. The van der Waals surface area contributed by atoms with Crippen LogP contribution in [0.1, 0.15) is 42.7 Å². The fourth-order valence-corrected chi connectivity index (χ4v) is 4.02. The lowest BCUT2D eigenvalue weighted by Crippen LogP contribution is -2.45. The van der Waals surface area contributed by atoms with E-state index in [4.69, 9.17) is 9.26 Å². The van der Waals surface area contributed by atoms with E-state index in [1.807, 2.05) is 24.3 Å². The third-order valence-corrected chi connectivity index (χ3v) is 6.05. The molecular weight excluding hydrogens is 438 g/mol. The van der Waals surface area contributed by atoms with Crippen LogP contribution in [-0.4, -0.2) is 54.6 Å². The van der Waals surface area contributed by atoms with E-state index in [0.29, 0.717) is 49.5 Å². The standard InChI is InChI=1S/C24H33N5O5/c1-15-22(16(2)34-28-15)27-24(32)26-19-7-5-6-18(12-21(30)29(3)14-19)23(31)25-13-17-8-10-20(33-4)11-9-17/h8-11,18-19H,5-7,12-14H2,1-4H3,(H,25,31)(H2,26,27,32). The van der Waals surface area contributed by atoms with E-state index in [0.717, 1.165) is 11.3 Å². The lowest BCUT2D eigenvalue weighted by molar-refractivity contribution is -0.135. The van der Waals surface area contributed by atoms with Crippen LogP contribution in [0, 0.1) is 19.8 Å². The van der Waals surface area contributed by atoms with Crippen LogP contribution in [0.15, 0.2) is 28.8 Å². The molecule has 10 heteroatoms. The molecule has 3 rings (SSSR count). The molecule has 0 aliphatic carbocycles. The number of hydrogen-bond acceptors (Lipinski definition) is 6. The highest BCUT2D eigenvalue weighted by Crippen LogP contribution is 2.21. The van der Waals surface area contributed by atoms with Crippen LogP contribution < -0.4 is 20.7 Å². The van der Waals surface area contributed by atoms with Crippen LogP contribution in [0.3, 0.4) is 0 Å². The fourth-order valence-electron chi connectivity index (χ4n) is 4.02. The van der Waals surface area contributed by atoms with Crippen molar-refractivity contribution in [3.63, 3.8) is 0 Å². The Morgan fingerprint density at radius 1 is 1.21 bits per heavy atom. The van der Waals surface area contributed by atoms with Crippen molar-refractivity contribution in [2.45, 2.75) is 52.1 Å². The predicted molar refractivity (Wildman–Crippen MR) is 126 cm³/mol. The molecule has 10 nitrogen and oxygen atoms in total. The Balaban J connectivity index is 1.55. The SMILES string of the molecule is COc1ccc(CNC(=O)C2CCCC(NC(=O)Nc3c(C)noc3C)CN(C)C(=O)C2)cc1. The average molecular weight is 472 g/mol. The summed E-state index contributed by atoms with van der Waals surface area (Å²) in [5.41, 5.74) is 2.09. The Morgan fingerprint density at radius 2 is 1.94 bits per heavy atom. The first-order valence-corrected chi connectivity index (χ1v) is 11.4. The molecule has 34 heavy (non-hydrogen) atoms. The Labute approximate surface area is 199 Å². The zero-order chi connectivity index (χ0) is 24.7. The van der Waals surface area contributed by atoms with Gasteiger partial charge in [-0.3, -0.25) is 9.59 Å². The summed E-state index contributed by atoms with van der Waals surface area (Å²) in [4.78, 5) is 39.7. The molecule has 3 N–H and O–H groups in total. The van der Waals surface area contributed by atoms with Gasteiger partial charge < -0.3 is 30.1 Å². The first kappa shape index (κ1) is 25.1. The number of carbonyl (C=O) groups excluding carboxylic acids is 3. The molecule has 2 atom stereocenters. The van der Waals surface area contributed by atoms with E-state index in [1.54, 1.807) is 32.9 Å². The summed E-state index contributed by atoms with van der Waals surface area (Å²) in [6.07, 6.45) is 2.06. The smallest absolute Gasteiger partial charge is 0.319 e. The third kappa shape index (κ3) is 6.72. The number of anilines is 1. The number of rotatable bonds is 6. The first-order valence-electron chi connectivity index (χ1n) is 11.4. The van der Waals surface area contributed by atoms with Gasteiger partial charge in [-0.1, -0.05) is 23.7 Å². The Bertz CT molecular complexity index is 984. The van der Waals surface area contributed by atoms with Gasteiger partial charge in [-0.2, -0.15) is 0 Å². The van der Waals surface area contributed by atoms with Crippen molar-refractivity contribution < 1.29 is 23.6 Å². The summed E-state index contributed by atoms with van der Waals surface area (Å²) >= 11 is 0. The number of aryl methyl sites for hydroxylation is 2. The van der Waals surface area contributed by atoms with Gasteiger partial charge in [0.1, 0.15) is 17.1 Å². The van der Waals surface area contributed by atoms with E-state index < -0.39 is 5.92 Å². The minimum absolute atomic E-state index is 0.121. The second-order valence-corrected chi connectivity index (χ2v) is 8.67. The number of methoxy groups -OCH3 is 1. The summed E-state index contributed by atoms with van der Waals surface area (Å²) < 4.78 is 10.2. The number of likely N-dealkylation sites (N-methyl/N-ethyl adjacent to an activating group) is 1. The van der Waals surface area contributed by atoms with Crippen LogP contribution in [-0.2, 0) is 16.1 Å². The summed E-state index contributed by atoms with van der Waals surface area (Å²) in [6, 6.07) is 6.85. The van der Waals surface area contributed by atoms with Crippen LogP contribution in [0.25, 0.3) is 0 Å². The molecular formula is C24H33N5O5. The van der Waals surface area contributed by atoms with E-state index in [1.165, 1.54) is 0 Å². The fraction of sp³-hybridized carbons (Fsp3) is 0.500. The number of nitrogens with zero attached hydrogens (tertiary/aromatic N) is 2.